The van der Waals surface area contributed by atoms with Gasteiger partial charge in [0.05, 0.1) is 0 Å². The minimum atomic E-state index is 0.686. The maximum atomic E-state index is 3.51. The topological polar surface area (TPSA) is 12.0 Å². The Labute approximate surface area is 147 Å². The highest BCUT2D eigenvalue weighted by Crippen LogP contribution is 2.12. The van der Waals surface area contributed by atoms with Crippen LogP contribution in [0, 0.1) is 5.92 Å². The first-order valence-electron chi connectivity index (χ1n) is 9.30. The van der Waals surface area contributed by atoms with Gasteiger partial charge in [-0.05, 0) is 55.7 Å². The second-order valence-corrected chi connectivity index (χ2v) is 6.59. The number of hydrogen-bond donors (Lipinski definition) is 1. The van der Waals surface area contributed by atoms with Crippen molar-refractivity contribution in [1.82, 2.24) is 5.32 Å². The minimum absolute atomic E-state index is 0.686. The molecule has 0 bridgehead atoms. The van der Waals surface area contributed by atoms with Gasteiger partial charge in [0.15, 0.2) is 0 Å². The zero-order valence-corrected chi connectivity index (χ0v) is 15.0. The van der Waals surface area contributed by atoms with Crippen molar-refractivity contribution < 1.29 is 0 Å². The summed E-state index contributed by atoms with van der Waals surface area (Å²) in [6, 6.07) is 21.4. The SMILES string of the molecule is CC(/C=C/CCCNCc1ccccc1)CCCc1ccccc1. The first kappa shape index (κ1) is 18.5. The summed E-state index contributed by atoms with van der Waals surface area (Å²) in [5.74, 6) is 0.686. The molecule has 1 N–H and O–H groups in total. The summed E-state index contributed by atoms with van der Waals surface area (Å²) in [4.78, 5) is 0. The molecule has 0 aliphatic carbocycles. The third kappa shape index (κ3) is 8.12. The van der Waals surface area contributed by atoms with E-state index in [0.29, 0.717) is 5.92 Å². The zero-order valence-electron chi connectivity index (χ0n) is 15.0. The molecule has 0 saturated carbocycles. The molecule has 0 aromatic heterocycles. The number of allylic oxidation sites excluding steroid dienone is 2. The fourth-order valence-corrected chi connectivity index (χ4v) is 2.87. The van der Waals surface area contributed by atoms with E-state index in [0.717, 1.165) is 13.1 Å². The first-order chi connectivity index (χ1) is 11.8. The maximum absolute atomic E-state index is 3.51. The Balaban J connectivity index is 1.47. The minimum Gasteiger partial charge on any atom is -0.313 e. The van der Waals surface area contributed by atoms with Crippen LogP contribution in [0.5, 0.6) is 0 Å². The normalized spacial score (nSPS) is 12.5. The molecule has 24 heavy (non-hydrogen) atoms. The lowest BCUT2D eigenvalue weighted by Crippen LogP contribution is -2.14. The van der Waals surface area contributed by atoms with Crippen LogP contribution in [0.25, 0.3) is 0 Å². The van der Waals surface area contributed by atoms with Gasteiger partial charge in [0.1, 0.15) is 0 Å². The smallest absolute Gasteiger partial charge is 0.0205 e. The van der Waals surface area contributed by atoms with Crippen LogP contribution in [0.2, 0.25) is 0 Å². The van der Waals surface area contributed by atoms with Crippen molar-refractivity contribution in [3.8, 4) is 0 Å². The second-order valence-electron chi connectivity index (χ2n) is 6.59. The number of nitrogens with one attached hydrogen (secondary N) is 1. The lowest BCUT2D eigenvalue weighted by molar-refractivity contribution is 0.602. The monoisotopic (exact) mass is 321 g/mol. The number of aryl methyl sites for hydroxylation is 1. The van der Waals surface area contributed by atoms with Crippen LogP contribution in [0.1, 0.15) is 43.7 Å². The molecule has 1 unspecified atom stereocenters. The Bertz CT molecular complexity index is 559. The van der Waals surface area contributed by atoms with Crippen molar-refractivity contribution in [3.63, 3.8) is 0 Å². The van der Waals surface area contributed by atoms with Crippen LogP contribution < -0.4 is 5.32 Å². The lowest BCUT2D eigenvalue weighted by atomic mass is 10.0. The van der Waals surface area contributed by atoms with Crippen molar-refractivity contribution in [2.75, 3.05) is 6.54 Å². The van der Waals surface area contributed by atoms with Gasteiger partial charge < -0.3 is 5.32 Å². The van der Waals surface area contributed by atoms with Crippen LogP contribution in [0.3, 0.4) is 0 Å². The van der Waals surface area contributed by atoms with E-state index in [1.165, 1.54) is 43.2 Å². The molecule has 1 atom stereocenters. The summed E-state index contributed by atoms with van der Waals surface area (Å²) in [5.41, 5.74) is 2.82. The number of hydrogen-bond acceptors (Lipinski definition) is 1. The fraction of sp³-hybridized carbons (Fsp3) is 0.391. The molecule has 0 aliphatic rings. The van der Waals surface area contributed by atoms with E-state index in [9.17, 15) is 0 Å². The molecule has 0 saturated heterocycles. The summed E-state index contributed by atoms with van der Waals surface area (Å²) in [5, 5.41) is 3.51. The predicted octanol–water partition coefficient (Wildman–Crippen LogP) is 5.77. The van der Waals surface area contributed by atoms with E-state index in [-0.39, 0.29) is 0 Å². The Hall–Kier alpha value is -1.86. The van der Waals surface area contributed by atoms with Gasteiger partial charge in [0.2, 0.25) is 0 Å². The van der Waals surface area contributed by atoms with Gasteiger partial charge in [-0.1, -0.05) is 79.7 Å². The van der Waals surface area contributed by atoms with Gasteiger partial charge in [-0.2, -0.15) is 0 Å². The molecule has 2 aromatic carbocycles. The van der Waals surface area contributed by atoms with E-state index >= 15 is 0 Å². The van der Waals surface area contributed by atoms with E-state index in [2.05, 4.69) is 85.1 Å². The van der Waals surface area contributed by atoms with E-state index in [1.54, 1.807) is 0 Å². The van der Waals surface area contributed by atoms with Crippen LogP contribution in [0.15, 0.2) is 72.8 Å². The van der Waals surface area contributed by atoms with Crippen molar-refractivity contribution in [1.29, 1.82) is 0 Å². The van der Waals surface area contributed by atoms with Gasteiger partial charge >= 0.3 is 0 Å². The number of rotatable bonds is 11. The molecular formula is C23H31N. The first-order valence-corrected chi connectivity index (χ1v) is 9.30. The van der Waals surface area contributed by atoms with Crippen LogP contribution >= 0.6 is 0 Å². The molecule has 0 amide bonds. The molecular weight excluding hydrogens is 290 g/mol. The molecule has 1 nitrogen and oxygen atoms in total. The number of unbranched alkanes of at least 4 members (excludes halogenated alkanes) is 1. The average Bonchev–Trinajstić information content (AvgIpc) is 2.63. The van der Waals surface area contributed by atoms with E-state index < -0.39 is 0 Å². The van der Waals surface area contributed by atoms with Gasteiger partial charge in [-0.3, -0.25) is 0 Å². The summed E-state index contributed by atoms with van der Waals surface area (Å²) >= 11 is 0. The standard InChI is InChI=1S/C23H31N/c1-21(13-11-18-22-14-6-2-7-15-22)12-5-4-10-19-24-20-23-16-8-3-9-17-23/h2-3,5-9,12,14-17,21,24H,4,10-11,13,18-20H2,1H3/b12-5+. The third-order valence-electron chi connectivity index (χ3n) is 4.33. The van der Waals surface area contributed by atoms with Crippen LogP contribution in [-0.2, 0) is 13.0 Å². The molecule has 128 valence electrons. The van der Waals surface area contributed by atoms with Gasteiger partial charge in [-0.15, -0.1) is 0 Å². The van der Waals surface area contributed by atoms with Crippen molar-refractivity contribution in [2.45, 2.75) is 45.6 Å². The molecule has 0 spiro atoms. The van der Waals surface area contributed by atoms with Gasteiger partial charge in [0.25, 0.3) is 0 Å². The summed E-state index contributed by atoms with van der Waals surface area (Å²) in [6.07, 6.45) is 10.9. The van der Waals surface area contributed by atoms with E-state index in [4.69, 9.17) is 0 Å². The third-order valence-corrected chi connectivity index (χ3v) is 4.33. The summed E-state index contributed by atoms with van der Waals surface area (Å²) in [6.45, 7) is 4.39. The molecule has 0 aliphatic heterocycles. The van der Waals surface area contributed by atoms with Crippen molar-refractivity contribution in [3.05, 3.63) is 83.9 Å². The molecule has 2 rings (SSSR count). The molecule has 2 aromatic rings. The largest absolute Gasteiger partial charge is 0.313 e. The molecule has 0 radical (unpaired) electrons. The quantitative estimate of drug-likeness (QED) is 0.409. The predicted molar refractivity (Wildman–Crippen MR) is 105 cm³/mol. The highest BCUT2D eigenvalue weighted by Gasteiger charge is 1.98. The van der Waals surface area contributed by atoms with Crippen molar-refractivity contribution in [2.24, 2.45) is 5.92 Å². The Kier molecular flexibility index (Phi) is 8.96. The summed E-state index contributed by atoms with van der Waals surface area (Å²) in [7, 11) is 0. The zero-order chi connectivity index (χ0) is 16.9. The fourth-order valence-electron chi connectivity index (χ4n) is 2.87. The highest BCUT2D eigenvalue weighted by molar-refractivity contribution is 5.15. The highest BCUT2D eigenvalue weighted by atomic mass is 14.8. The van der Waals surface area contributed by atoms with Crippen molar-refractivity contribution >= 4 is 0 Å². The Morgan fingerprint density at radius 2 is 1.54 bits per heavy atom. The van der Waals surface area contributed by atoms with Gasteiger partial charge in [-0.25, -0.2) is 0 Å². The Morgan fingerprint density at radius 3 is 2.25 bits per heavy atom. The Morgan fingerprint density at radius 1 is 0.875 bits per heavy atom. The lowest BCUT2D eigenvalue weighted by Gasteiger charge is -2.06. The molecule has 0 heterocycles. The molecule has 1 heteroatoms. The van der Waals surface area contributed by atoms with E-state index in [1.807, 2.05) is 0 Å². The number of benzene rings is 2. The van der Waals surface area contributed by atoms with Gasteiger partial charge in [0, 0.05) is 6.54 Å². The van der Waals surface area contributed by atoms with Crippen LogP contribution in [0.4, 0.5) is 0 Å². The molecule has 0 fully saturated rings. The summed E-state index contributed by atoms with van der Waals surface area (Å²) < 4.78 is 0. The second kappa shape index (κ2) is 11.6. The average molecular weight is 322 g/mol. The van der Waals surface area contributed by atoms with Crippen LogP contribution in [-0.4, -0.2) is 6.54 Å². The maximum Gasteiger partial charge on any atom is 0.0205 e.